The Kier molecular flexibility index (Phi) is 5.64. The Morgan fingerprint density at radius 1 is 1.15 bits per heavy atom. The minimum atomic E-state index is -0.282. The van der Waals surface area contributed by atoms with E-state index in [1.54, 1.807) is 12.1 Å². The van der Waals surface area contributed by atoms with Crippen LogP contribution in [0.3, 0.4) is 0 Å². The van der Waals surface area contributed by atoms with Crippen molar-refractivity contribution in [3.63, 3.8) is 0 Å². The molecule has 27 heavy (non-hydrogen) atoms. The minimum absolute atomic E-state index is 0.119. The molecule has 2 amide bonds. The predicted octanol–water partition coefficient (Wildman–Crippen LogP) is 3.28. The Hall–Kier alpha value is -3.02. The van der Waals surface area contributed by atoms with E-state index in [4.69, 9.17) is 0 Å². The van der Waals surface area contributed by atoms with Gasteiger partial charge in [-0.05, 0) is 55.2 Å². The van der Waals surface area contributed by atoms with E-state index in [-0.39, 0.29) is 24.1 Å². The zero-order chi connectivity index (χ0) is 19.4. The summed E-state index contributed by atoms with van der Waals surface area (Å²) in [4.78, 5) is 24.7. The van der Waals surface area contributed by atoms with Crippen molar-refractivity contribution >= 4 is 23.2 Å². The fourth-order valence-electron chi connectivity index (χ4n) is 2.93. The van der Waals surface area contributed by atoms with E-state index in [0.717, 1.165) is 16.7 Å². The molecule has 0 fully saturated rings. The summed E-state index contributed by atoms with van der Waals surface area (Å²) in [5.41, 5.74) is 3.94. The average molecular weight is 367 g/mol. The van der Waals surface area contributed by atoms with Gasteiger partial charge in [0.1, 0.15) is 11.5 Å². The third-order valence-corrected chi connectivity index (χ3v) is 4.50. The van der Waals surface area contributed by atoms with Crippen molar-refractivity contribution < 1.29 is 14.0 Å². The molecule has 140 valence electrons. The molecule has 1 aliphatic rings. The molecule has 6 heteroatoms. The van der Waals surface area contributed by atoms with E-state index in [1.807, 2.05) is 32.0 Å². The van der Waals surface area contributed by atoms with E-state index < -0.39 is 0 Å². The Morgan fingerprint density at radius 2 is 1.89 bits per heavy atom. The van der Waals surface area contributed by atoms with Crippen molar-refractivity contribution in [1.82, 2.24) is 5.32 Å². The second kappa shape index (κ2) is 8.12. The lowest BCUT2D eigenvalue weighted by molar-refractivity contribution is -0.118. The molecule has 0 saturated heterocycles. The molecule has 1 aliphatic heterocycles. The van der Waals surface area contributed by atoms with Gasteiger partial charge in [0.15, 0.2) is 0 Å². The molecule has 0 aromatic heterocycles. The Bertz CT molecular complexity index is 891. The molecule has 2 aromatic rings. The second-order valence-electron chi connectivity index (χ2n) is 6.67. The summed E-state index contributed by atoms with van der Waals surface area (Å²) >= 11 is 0. The minimum Gasteiger partial charge on any atom is -0.351 e. The highest BCUT2D eigenvalue weighted by molar-refractivity contribution is 6.40. The predicted molar refractivity (Wildman–Crippen MR) is 103 cm³/mol. The summed E-state index contributed by atoms with van der Waals surface area (Å²) in [7, 11) is 0. The number of nitrogens with one attached hydrogen (secondary N) is 1. The number of amides is 2. The lowest BCUT2D eigenvalue weighted by atomic mass is 10.1. The van der Waals surface area contributed by atoms with Crippen molar-refractivity contribution in [1.29, 1.82) is 0 Å². The molecule has 0 atom stereocenters. The van der Waals surface area contributed by atoms with E-state index in [2.05, 4.69) is 10.4 Å². The van der Waals surface area contributed by atoms with Crippen molar-refractivity contribution in [2.45, 2.75) is 33.1 Å². The van der Waals surface area contributed by atoms with Crippen LogP contribution in [0.4, 0.5) is 10.1 Å². The van der Waals surface area contributed by atoms with Gasteiger partial charge in [-0.15, -0.1) is 0 Å². The first-order chi connectivity index (χ1) is 12.9. The number of hydrogen-bond acceptors (Lipinski definition) is 3. The van der Waals surface area contributed by atoms with Crippen molar-refractivity contribution in [2.75, 3.05) is 11.6 Å². The molecule has 5 nitrogen and oxygen atoms in total. The van der Waals surface area contributed by atoms with E-state index >= 15 is 0 Å². The number of carbonyl (C=O) groups is 2. The van der Waals surface area contributed by atoms with Crippen LogP contribution in [-0.4, -0.2) is 24.1 Å². The maximum Gasteiger partial charge on any atom is 0.267 e. The first-order valence-electron chi connectivity index (χ1n) is 8.94. The number of nitrogens with zero attached hydrogens (tertiary/aromatic N) is 2. The van der Waals surface area contributed by atoms with Crippen LogP contribution in [0.5, 0.6) is 0 Å². The molecule has 0 saturated carbocycles. The van der Waals surface area contributed by atoms with E-state index in [0.29, 0.717) is 30.8 Å². The van der Waals surface area contributed by atoms with Gasteiger partial charge >= 0.3 is 0 Å². The zero-order valence-electron chi connectivity index (χ0n) is 15.5. The molecule has 0 spiro atoms. The Labute approximate surface area is 157 Å². The first kappa shape index (κ1) is 18.8. The maximum atomic E-state index is 12.9. The van der Waals surface area contributed by atoms with Crippen LogP contribution in [0.25, 0.3) is 0 Å². The van der Waals surface area contributed by atoms with Gasteiger partial charge in [0.2, 0.25) is 5.91 Å². The molecule has 3 rings (SSSR count). The summed E-state index contributed by atoms with van der Waals surface area (Å²) in [6.45, 7) is 4.28. The third kappa shape index (κ3) is 4.58. The summed E-state index contributed by atoms with van der Waals surface area (Å²) in [5, 5.41) is 8.47. The van der Waals surface area contributed by atoms with Gasteiger partial charge in [0, 0.05) is 19.4 Å². The number of anilines is 1. The lowest BCUT2D eigenvalue weighted by Gasteiger charge is -2.24. The molecule has 0 radical (unpaired) electrons. The van der Waals surface area contributed by atoms with Crippen molar-refractivity contribution in [3.05, 3.63) is 65.0 Å². The van der Waals surface area contributed by atoms with Crippen LogP contribution >= 0.6 is 0 Å². The molecule has 2 aromatic carbocycles. The fraction of sp³-hybridized carbons (Fsp3) is 0.286. The van der Waals surface area contributed by atoms with E-state index in [1.165, 1.54) is 17.1 Å². The maximum absolute atomic E-state index is 12.9. The first-order valence-corrected chi connectivity index (χ1v) is 8.94. The topological polar surface area (TPSA) is 61.8 Å². The fourth-order valence-corrected chi connectivity index (χ4v) is 2.93. The monoisotopic (exact) mass is 367 g/mol. The van der Waals surface area contributed by atoms with Gasteiger partial charge in [-0.2, -0.15) is 5.10 Å². The highest BCUT2D eigenvalue weighted by atomic mass is 19.1. The second-order valence-corrected chi connectivity index (χ2v) is 6.67. The summed E-state index contributed by atoms with van der Waals surface area (Å²) in [6, 6.07) is 12.0. The van der Waals surface area contributed by atoms with Crippen LogP contribution in [-0.2, 0) is 16.0 Å². The number of rotatable bonds is 5. The van der Waals surface area contributed by atoms with Crippen LogP contribution < -0.4 is 10.3 Å². The number of hydrogen-bond donors (Lipinski definition) is 1. The molecule has 0 unspecified atom stereocenters. The normalized spacial score (nSPS) is 14.1. The largest absolute Gasteiger partial charge is 0.351 e. The molecule has 1 N–H and O–H groups in total. The number of aryl methyl sites for hydroxylation is 2. The van der Waals surface area contributed by atoms with Crippen LogP contribution in [0, 0.1) is 19.7 Å². The van der Waals surface area contributed by atoms with Gasteiger partial charge in [0.05, 0.1) is 5.69 Å². The summed E-state index contributed by atoms with van der Waals surface area (Å²) in [6.07, 6.45) is 1.17. The Morgan fingerprint density at radius 3 is 2.63 bits per heavy atom. The van der Waals surface area contributed by atoms with Crippen LogP contribution in [0.2, 0.25) is 0 Å². The number of halogens is 1. The van der Waals surface area contributed by atoms with Crippen LogP contribution in [0.1, 0.15) is 29.5 Å². The average Bonchev–Trinajstić information content (AvgIpc) is 2.66. The number of carbonyl (C=O) groups excluding carboxylic acids is 2. The van der Waals surface area contributed by atoms with Crippen molar-refractivity contribution in [3.8, 4) is 0 Å². The van der Waals surface area contributed by atoms with Gasteiger partial charge < -0.3 is 5.32 Å². The third-order valence-electron chi connectivity index (χ3n) is 4.50. The molecule has 0 bridgehead atoms. The zero-order valence-corrected chi connectivity index (χ0v) is 15.5. The highest BCUT2D eigenvalue weighted by Gasteiger charge is 2.26. The smallest absolute Gasteiger partial charge is 0.267 e. The highest BCUT2D eigenvalue weighted by Crippen LogP contribution is 2.25. The standard InChI is InChI=1S/C21H22FN3O2/c1-14-3-4-15(2)19(13-14)25-20(26)10-9-18(24-25)21(27)23-12-11-16-5-7-17(22)8-6-16/h3-8,13H,9-12H2,1-2H3,(H,23,27). The molecular weight excluding hydrogens is 345 g/mol. The van der Waals surface area contributed by atoms with Crippen LogP contribution in [0.15, 0.2) is 47.6 Å². The number of benzene rings is 2. The van der Waals surface area contributed by atoms with Gasteiger partial charge in [0.25, 0.3) is 5.91 Å². The summed E-state index contributed by atoms with van der Waals surface area (Å²) < 4.78 is 12.9. The van der Waals surface area contributed by atoms with E-state index in [9.17, 15) is 14.0 Å². The van der Waals surface area contributed by atoms with Gasteiger partial charge in [-0.3, -0.25) is 9.59 Å². The van der Waals surface area contributed by atoms with Crippen molar-refractivity contribution in [2.24, 2.45) is 5.10 Å². The lowest BCUT2D eigenvalue weighted by Crippen LogP contribution is -2.39. The molecule has 0 aliphatic carbocycles. The molecular formula is C21H22FN3O2. The SMILES string of the molecule is Cc1ccc(C)c(N2N=C(C(=O)NCCc3ccc(F)cc3)CCC2=O)c1. The molecule has 1 heterocycles. The number of hydrazone groups is 1. The summed E-state index contributed by atoms with van der Waals surface area (Å²) in [5.74, 6) is -0.679. The van der Waals surface area contributed by atoms with Gasteiger partial charge in [-0.1, -0.05) is 24.3 Å². The quantitative estimate of drug-likeness (QED) is 0.882. The Balaban J connectivity index is 1.67. The van der Waals surface area contributed by atoms with Gasteiger partial charge in [-0.25, -0.2) is 9.40 Å².